The van der Waals surface area contributed by atoms with E-state index in [-0.39, 0.29) is 17.5 Å². The van der Waals surface area contributed by atoms with Crippen molar-refractivity contribution >= 4 is 27.6 Å². The third-order valence-electron chi connectivity index (χ3n) is 5.10. The maximum atomic E-state index is 12.0. The molecule has 2 aromatic carbocycles. The number of carbonyl (C=O) groups excluding carboxylic acids is 1. The van der Waals surface area contributed by atoms with Gasteiger partial charge in [0, 0.05) is 23.9 Å². The molecule has 0 aliphatic carbocycles. The Bertz CT molecular complexity index is 1000. The lowest BCUT2D eigenvalue weighted by atomic mass is 9.95. The summed E-state index contributed by atoms with van der Waals surface area (Å²) in [6.45, 7) is 2.28. The molecule has 5 nitrogen and oxygen atoms in total. The Morgan fingerprint density at radius 3 is 2.68 bits per heavy atom. The molecular weight excluding hydrogens is 316 g/mol. The summed E-state index contributed by atoms with van der Waals surface area (Å²) in [6, 6.07) is 13.5. The summed E-state index contributed by atoms with van der Waals surface area (Å²) >= 11 is 0. The second-order valence-corrected chi connectivity index (χ2v) is 6.70. The van der Waals surface area contributed by atoms with Crippen LogP contribution >= 0.6 is 0 Å². The summed E-state index contributed by atoms with van der Waals surface area (Å²) in [5, 5.41) is 3.21. The molecule has 1 fully saturated rings. The van der Waals surface area contributed by atoms with Gasteiger partial charge in [0.1, 0.15) is 5.58 Å². The molecule has 3 aromatic rings. The van der Waals surface area contributed by atoms with Crippen molar-refractivity contribution in [1.82, 2.24) is 4.90 Å². The van der Waals surface area contributed by atoms with Crippen molar-refractivity contribution in [2.45, 2.75) is 19.4 Å². The molecule has 128 valence electrons. The highest BCUT2D eigenvalue weighted by molar-refractivity contribution is 6.07. The first-order valence-electron chi connectivity index (χ1n) is 8.58. The van der Waals surface area contributed by atoms with Crippen LogP contribution in [0.15, 0.2) is 51.7 Å². The van der Waals surface area contributed by atoms with Crippen LogP contribution in [0.25, 0.3) is 21.7 Å². The van der Waals surface area contributed by atoms with E-state index < -0.39 is 0 Å². The number of piperidine rings is 1. The molecule has 0 unspecified atom stereocenters. The van der Waals surface area contributed by atoms with E-state index in [1.165, 1.54) is 0 Å². The normalized spacial score (nSPS) is 16.5. The van der Waals surface area contributed by atoms with Gasteiger partial charge in [0.15, 0.2) is 0 Å². The van der Waals surface area contributed by atoms with Crippen LogP contribution < -0.4 is 11.4 Å². The molecule has 0 bridgehead atoms. The van der Waals surface area contributed by atoms with Crippen LogP contribution in [0.5, 0.6) is 0 Å². The number of carbonyl (C=O) groups is 1. The first-order valence-corrected chi connectivity index (χ1v) is 8.58. The molecule has 25 heavy (non-hydrogen) atoms. The zero-order chi connectivity index (χ0) is 17.4. The number of likely N-dealkylation sites (tertiary alicyclic amines) is 1. The lowest BCUT2D eigenvalue weighted by Gasteiger charge is -2.30. The van der Waals surface area contributed by atoms with Crippen molar-refractivity contribution < 1.29 is 9.21 Å². The van der Waals surface area contributed by atoms with Gasteiger partial charge in [-0.25, -0.2) is 4.79 Å². The van der Waals surface area contributed by atoms with Crippen LogP contribution in [-0.2, 0) is 11.3 Å². The van der Waals surface area contributed by atoms with Gasteiger partial charge in [0.2, 0.25) is 5.91 Å². The number of fused-ring (bicyclic) bond motifs is 3. The molecule has 0 radical (unpaired) electrons. The van der Waals surface area contributed by atoms with Gasteiger partial charge in [0.25, 0.3) is 0 Å². The minimum Gasteiger partial charge on any atom is -0.423 e. The van der Waals surface area contributed by atoms with Crippen molar-refractivity contribution in [3.05, 3.63) is 58.4 Å². The van der Waals surface area contributed by atoms with Crippen molar-refractivity contribution in [3.8, 4) is 0 Å². The van der Waals surface area contributed by atoms with Gasteiger partial charge in [-0.3, -0.25) is 9.69 Å². The van der Waals surface area contributed by atoms with Gasteiger partial charge in [-0.2, -0.15) is 0 Å². The molecule has 0 atom stereocenters. The molecule has 1 aliphatic heterocycles. The van der Waals surface area contributed by atoms with Gasteiger partial charge < -0.3 is 10.2 Å². The number of rotatable bonds is 3. The summed E-state index contributed by atoms with van der Waals surface area (Å²) in [5.41, 5.74) is 6.67. The van der Waals surface area contributed by atoms with Crippen molar-refractivity contribution in [2.75, 3.05) is 13.1 Å². The quantitative estimate of drug-likeness (QED) is 0.589. The minimum absolute atomic E-state index is 0.0327. The molecule has 1 saturated heterocycles. The highest BCUT2D eigenvalue weighted by atomic mass is 16.4. The lowest BCUT2D eigenvalue weighted by molar-refractivity contribution is -0.123. The average molecular weight is 336 g/mol. The standard InChI is InChI=1S/C20H20N2O3/c21-20(24)14-7-9-22(10-8-14)12-15-11-18(23)25-17-6-5-13-3-1-2-4-16(13)19(15)17/h1-6,11,14H,7-10,12H2,(H2,21,24). The Morgan fingerprint density at radius 1 is 1.16 bits per heavy atom. The first-order chi connectivity index (χ1) is 12.1. The second kappa shape index (κ2) is 6.33. The number of hydrogen-bond acceptors (Lipinski definition) is 4. The van der Waals surface area contributed by atoms with Crippen LogP contribution in [0, 0.1) is 5.92 Å². The van der Waals surface area contributed by atoms with Crippen LogP contribution in [0.3, 0.4) is 0 Å². The minimum atomic E-state index is -0.329. The predicted molar refractivity (Wildman–Crippen MR) is 97.2 cm³/mol. The fraction of sp³-hybridized carbons (Fsp3) is 0.300. The number of amides is 1. The zero-order valence-corrected chi connectivity index (χ0v) is 13.9. The number of hydrogen-bond donors (Lipinski definition) is 1. The Morgan fingerprint density at radius 2 is 1.92 bits per heavy atom. The predicted octanol–water partition coefficient (Wildman–Crippen LogP) is 2.64. The van der Waals surface area contributed by atoms with E-state index in [4.69, 9.17) is 10.2 Å². The Labute approximate surface area is 145 Å². The van der Waals surface area contributed by atoms with Crippen LogP contribution in [0.1, 0.15) is 18.4 Å². The fourth-order valence-corrected chi connectivity index (χ4v) is 3.76. The molecule has 1 amide bonds. The van der Waals surface area contributed by atoms with Gasteiger partial charge >= 0.3 is 5.63 Å². The highest BCUT2D eigenvalue weighted by Gasteiger charge is 2.23. The maximum Gasteiger partial charge on any atom is 0.336 e. The Kier molecular flexibility index (Phi) is 4.01. The highest BCUT2D eigenvalue weighted by Crippen LogP contribution is 2.29. The lowest BCUT2D eigenvalue weighted by Crippen LogP contribution is -2.38. The largest absolute Gasteiger partial charge is 0.423 e. The molecule has 4 rings (SSSR count). The monoisotopic (exact) mass is 336 g/mol. The molecule has 2 N–H and O–H groups in total. The molecular formula is C20H20N2O3. The molecule has 0 saturated carbocycles. The molecule has 5 heteroatoms. The molecule has 0 spiro atoms. The van der Waals surface area contributed by atoms with Crippen molar-refractivity contribution in [3.63, 3.8) is 0 Å². The van der Waals surface area contributed by atoms with E-state index in [9.17, 15) is 9.59 Å². The first kappa shape index (κ1) is 15.8. The summed E-state index contributed by atoms with van der Waals surface area (Å²) in [7, 11) is 0. The maximum absolute atomic E-state index is 12.0. The molecule has 2 heterocycles. The van der Waals surface area contributed by atoms with Crippen molar-refractivity contribution in [2.24, 2.45) is 11.7 Å². The van der Waals surface area contributed by atoms with E-state index in [0.717, 1.165) is 47.7 Å². The topological polar surface area (TPSA) is 76.5 Å². The fourth-order valence-electron chi connectivity index (χ4n) is 3.76. The third-order valence-corrected chi connectivity index (χ3v) is 5.10. The van der Waals surface area contributed by atoms with Gasteiger partial charge in [-0.1, -0.05) is 30.3 Å². The third kappa shape index (κ3) is 3.03. The van der Waals surface area contributed by atoms with Crippen LogP contribution in [-0.4, -0.2) is 23.9 Å². The van der Waals surface area contributed by atoms with Gasteiger partial charge in [-0.05, 0) is 48.3 Å². The smallest absolute Gasteiger partial charge is 0.336 e. The summed E-state index contributed by atoms with van der Waals surface area (Å²) in [5.74, 6) is -0.244. The van der Waals surface area contributed by atoms with Gasteiger partial charge in [0.05, 0.1) is 0 Å². The Hall–Kier alpha value is -2.66. The molecule has 1 aliphatic rings. The van der Waals surface area contributed by atoms with E-state index in [1.54, 1.807) is 6.07 Å². The number of nitrogens with two attached hydrogens (primary N) is 1. The molecule has 1 aromatic heterocycles. The summed E-state index contributed by atoms with van der Waals surface area (Å²) in [4.78, 5) is 25.6. The number of primary amides is 1. The number of benzene rings is 2. The van der Waals surface area contributed by atoms with E-state index in [1.807, 2.05) is 24.3 Å². The van der Waals surface area contributed by atoms with Crippen LogP contribution in [0.2, 0.25) is 0 Å². The zero-order valence-electron chi connectivity index (χ0n) is 13.9. The number of nitrogens with zero attached hydrogens (tertiary/aromatic N) is 1. The van der Waals surface area contributed by atoms with Gasteiger partial charge in [-0.15, -0.1) is 0 Å². The summed E-state index contributed by atoms with van der Waals surface area (Å²) in [6.07, 6.45) is 1.55. The van der Waals surface area contributed by atoms with E-state index >= 15 is 0 Å². The van der Waals surface area contributed by atoms with E-state index in [2.05, 4.69) is 17.0 Å². The summed E-state index contributed by atoms with van der Waals surface area (Å²) < 4.78 is 5.41. The SMILES string of the molecule is NC(=O)C1CCN(Cc2cc(=O)oc3ccc4ccccc4c23)CC1. The van der Waals surface area contributed by atoms with Crippen LogP contribution in [0.4, 0.5) is 0 Å². The van der Waals surface area contributed by atoms with Crippen molar-refractivity contribution in [1.29, 1.82) is 0 Å². The Balaban J connectivity index is 1.73. The van der Waals surface area contributed by atoms with E-state index in [0.29, 0.717) is 12.1 Å². The second-order valence-electron chi connectivity index (χ2n) is 6.70. The average Bonchev–Trinajstić information content (AvgIpc) is 2.61.